The number of likely N-dealkylation sites (N-methyl/N-ethyl adjacent to an activating group) is 1. The van der Waals surface area contributed by atoms with E-state index in [1.54, 1.807) is 6.33 Å². The van der Waals surface area contributed by atoms with Crippen LogP contribution in [0.3, 0.4) is 0 Å². The van der Waals surface area contributed by atoms with Gasteiger partial charge in [-0.2, -0.15) is 0 Å². The average Bonchev–Trinajstić information content (AvgIpc) is 2.59. The highest BCUT2D eigenvalue weighted by Gasteiger charge is 2.41. The molecule has 2 rings (SSSR count). The molecule has 1 saturated carbocycles. The predicted octanol–water partition coefficient (Wildman–Crippen LogP) is 0.704. The minimum atomic E-state index is 0.395. The summed E-state index contributed by atoms with van der Waals surface area (Å²) in [6, 6.07) is 0. The van der Waals surface area contributed by atoms with E-state index in [4.69, 9.17) is 0 Å². The third-order valence-corrected chi connectivity index (χ3v) is 2.47. The summed E-state index contributed by atoms with van der Waals surface area (Å²) in [4.78, 5) is 7.10. The van der Waals surface area contributed by atoms with E-state index < -0.39 is 0 Å². The Morgan fingerprint density at radius 1 is 1.73 bits per heavy atom. The molecule has 0 amide bonds. The van der Waals surface area contributed by atoms with Gasteiger partial charge in [0.05, 0.1) is 6.33 Å². The number of hydrogen-bond donors (Lipinski definition) is 2. The van der Waals surface area contributed by atoms with E-state index in [9.17, 15) is 0 Å². The molecular weight excluding hydrogens is 138 g/mol. The lowest BCUT2D eigenvalue weighted by molar-refractivity contribution is 0.543. The lowest BCUT2D eigenvalue weighted by Gasteiger charge is -2.11. The van der Waals surface area contributed by atoms with Crippen LogP contribution in [-0.2, 0) is 6.42 Å². The molecule has 3 nitrogen and oxygen atoms in total. The second-order valence-corrected chi connectivity index (χ2v) is 3.28. The first-order valence-corrected chi connectivity index (χ1v) is 4.01. The maximum absolute atomic E-state index is 3.99. The molecule has 1 aliphatic rings. The minimum absolute atomic E-state index is 0.395. The van der Waals surface area contributed by atoms with Gasteiger partial charge in [-0.05, 0) is 19.9 Å². The van der Waals surface area contributed by atoms with Crippen LogP contribution >= 0.6 is 0 Å². The number of nitrogens with one attached hydrogen (secondary N) is 2. The molecule has 0 spiro atoms. The van der Waals surface area contributed by atoms with Crippen molar-refractivity contribution in [3.8, 4) is 0 Å². The fourth-order valence-electron chi connectivity index (χ4n) is 1.41. The van der Waals surface area contributed by atoms with Gasteiger partial charge < -0.3 is 10.3 Å². The van der Waals surface area contributed by atoms with Gasteiger partial charge in [0.25, 0.3) is 0 Å². The van der Waals surface area contributed by atoms with Crippen LogP contribution in [-0.4, -0.2) is 22.6 Å². The van der Waals surface area contributed by atoms with Crippen molar-refractivity contribution in [3.05, 3.63) is 18.2 Å². The van der Waals surface area contributed by atoms with Crippen LogP contribution < -0.4 is 5.32 Å². The zero-order valence-corrected chi connectivity index (χ0v) is 6.72. The topological polar surface area (TPSA) is 40.7 Å². The molecule has 0 bridgehead atoms. The van der Waals surface area contributed by atoms with Crippen molar-refractivity contribution >= 4 is 0 Å². The number of H-pyrrole nitrogens is 1. The SMILES string of the molecule is CNC1(Cc2cnc[nH]2)CC1. The van der Waals surface area contributed by atoms with Gasteiger partial charge in [0.2, 0.25) is 0 Å². The Hall–Kier alpha value is -0.830. The van der Waals surface area contributed by atoms with Crippen LogP contribution in [0.1, 0.15) is 18.5 Å². The van der Waals surface area contributed by atoms with Gasteiger partial charge in [-0.1, -0.05) is 0 Å². The Morgan fingerprint density at radius 3 is 3.00 bits per heavy atom. The van der Waals surface area contributed by atoms with Crippen LogP contribution in [0.5, 0.6) is 0 Å². The van der Waals surface area contributed by atoms with Crippen molar-refractivity contribution < 1.29 is 0 Å². The maximum Gasteiger partial charge on any atom is 0.0921 e. The number of aromatic amines is 1. The first-order chi connectivity index (χ1) is 5.35. The van der Waals surface area contributed by atoms with Crippen molar-refractivity contribution in [3.63, 3.8) is 0 Å². The second-order valence-electron chi connectivity index (χ2n) is 3.28. The summed E-state index contributed by atoms with van der Waals surface area (Å²) in [5, 5.41) is 3.34. The Bertz CT molecular complexity index is 223. The Kier molecular flexibility index (Phi) is 1.46. The molecule has 1 aromatic rings. The van der Waals surface area contributed by atoms with Crippen molar-refractivity contribution in [2.24, 2.45) is 0 Å². The molecule has 1 heterocycles. The van der Waals surface area contributed by atoms with Gasteiger partial charge in [0.15, 0.2) is 0 Å². The molecule has 1 fully saturated rings. The smallest absolute Gasteiger partial charge is 0.0921 e. The summed E-state index contributed by atoms with van der Waals surface area (Å²) in [7, 11) is 2.03. The van der Waals surface area contributed by atoms with Crippen LogP contribution in [0.4, 0.5) is 0 Å². The molecule has 0 atom stereocenters. The fourth-order valence-corrected chi connectivity index (χ4v) is 1.41. The molecule has 2 N–H and O–H groups in total. The average molecular weight is 151 g/mol. The second kappa shape index (κ2) is 2.34. The summed E-state index contributed by atoms with van der Waals surface area (Å²) in [6.07, 6.45) is 7.31. The summed E-state index contributed by atoms with van der Waals surface area (Å²) >= 11 is 0. The van der Waals surface area contributed by atoms with Crippen molar-refractivity contribution in [2.45, 2.75) is 24.8 Å². The summed E-state index contributed by atoms with van der Waals surface area (Å²) in [5.74, 6) is 0. The standard InChI is InChI=1S/C8H13N3/c1-9-8(2-3-8)4-7-5-10-6-11-7/h5-6,9H,2-4H2,1H3,(H,10,11). The zero-order chi connectivity index (χ0) is 7.73. The first kappa shape index (κ1) is 6.85. The van der Waals surface area contributed by atoms with E-state index in [0.29, 0.717) is 5.54 Å². The number of hydrogen-bond acceptors (Lipinski definition) is 2. The van der Waals surface area contributed by atoms with Crippen molar-refractivity contribution in [2.75, 3.05) is 7.05 Å². The Balaban J connectivity index is 2.01. The highest BCUT2D eigenvalue weighted by molar-refractivity contribution is 5.11. The number of nitrogens with zero attached hydrogens (tertiary/aromatic N) is 1. The van der Waals surface area contributed by atoms with Crippen molar-refractivity contribution in [1.82, 2.24) is 15.3 Å². The largest absolute Gasteiger partial charge is 0.348 e. The minimum Gasteiger partial charge on any atom is -0.348 e. The Labute approximate surface area is 66.2 Å². The number of aromatic nitrogens is 2. The van der Waals surface area contributed by atoms with E-state index in [1.165, 1.54) is 18.5 Å². The quantitative estimate of drug-likeness (QED) is 0.667. The van der Waals surface area contributed by atoms with Crippen LogP contribution in [0.2, 0.25) is 0 Å². The molecule has 11 heavy (non-hydrogen) atoms. The van der Waals surface area contributed by atoms with Gasteiger partial charge in [-0.3, -0.25) is 0 Å². The summed E-state index contributed by atoms with van der Waals surface area (Å²) in [5.41, 5.74) is 1.63. The van der Waals surface area contributed by atoms with E-state index in [1.807, 2.05) is 13.2 Å². The molecule has 3 heteroatoms. The van der Waals surface area contributed by atoms with E-state index in [-0.39, 0.29) is 0 Å². The van der Waals surface area contributed by atoms with Crippen LogP contribution in [0.25, 0.3) is 0 Å². The van der Waals surface area contributed by atoms with E-state index in [2.05, 4.69) is 15.3 Å². The maximum atomic E-state index is 3.99. The van der Waals surface area contributed by atoms with Crippen LogP contribution in [0.15, 0.2) is 12.5 Å². The lowest BCUT2D eigenvalue weighted by Crippen LogP contribution is -2.29. The highest BCUT2D eigenvalue weighted by atomic mass is 15.0. The molecule has 0 saturated heterocycles. The van der Waals surface area contributed by atoms with Crippen LogP contribution in [0, 0.1) is 0 Å². The first-order valence-electron chi connectivity index (χ1n) is 4.01. The van der Waals surface area contributed by atoms with Crippen molar-refractivity contribution in [1.29, 1.82) is 0 Å². The Morgan fingerprint density at radius 2 is 2.55 bits per heavy atom. The molecule has 0 radical (unpaired) electrons. The molecule has 0 aliphatic heterocycles. The molecule has 1 aliphatic carbocycles. The number of rotatable bonds is 3. The zero-order valence-electron chi connectivity index (χ0n) is 6.72. The summed E-state index contributed by atoms with van der Waals surface area (Å²) < 4.78 is 0. The van der Waals surface area contributed by atoms with Gasteiger partial charge in [0.1, 0.15) is 0 Å². The van der Waals surface area contributed by atoms with E-state index >= 15 is 0 Å². The monoisotopic (exact) mass is 151 g/mol. The van der Waals surface area contributed by atoms with Gasteiger partial charge in [-0.25, -0.2) is 4.98 Å². The third kappa shape index (κ3) is 1.28. The fraction of sp³-hybridized carbons (Fsp3) is 0.625. The third-order valence-electron chi connectivity index (χ3n) is 2.47. The van der Waals surface area contributed by atoms with Gasteiger partial charge in [-0.15, -0.1) is 0 Å². The molecular formula is C8H13N3. The highest BCUT2D eigenvalue weighted by Crippen LogP contribution is 2.37. The van der Waals surface area contributed by atoms with Gasteiger partial charge in [0, 0.05) is 23.9 Å². The molecule has 0 aromatic carbocycles. The predicted molar refractivity (Wildman–Crippen MR) is 43.3 cm³/mol. The molecule has 0 unspecified atom stereocenters. The summed E-state index contributed by atoms with van der Waals surface area (Å²) in [6.45, 7) is 0. The van der Waals surface area contributed by atoms with E-state index in [0.717, 1.165) is 6.42 Å². The molecule has 60 valence electrons. The lowest BCUT2D eigenvalue weighted by atomic mass is 10.1. The van der Waals surface area contributed by atoms with Gasteiger partial charge >= 0.3 is 0 Å². The number of imidazole rings is 1. The normalized spacial score (nSPS) is 20.1. The molecule has 1 aromatic heterocycles.